The van der Waals surface area contributed by atoms with Crippen LogP contribution in [0, 0.1) is 0 Å². The summed E-state index contributed by atoms with van der Waals surface area (Å²) < 4.78 is 29.1. The first kappa shape index (κ1) is 28.3. The van der Waals surface area contributed by atoms with Crippen molar-refractivity contribution >= 4 is 14.8 Å². The van der Waals surface area contributed by atoms with E-state index in [1.807, 2.05) is 0 Å². The highest BCUT2D eigenvalue weighted by Crippen LogP contribution is 2.21. The van der Waals surface area contributed by atoms with Crippen LogP contribution in [0.2, 0.25) is 6.04 Å². The van der Waals surface area contributed by atoms with E-state index < -0.39 is 14.8 Å². The molecule has 6 nitrogen and oxygen atoms in total. The number of unbranched alkanes of at least 4 members (excludes halogenated alkanes) is 6. The van der Waals surface area contributed by atoms with Crippen molar-refractivity contribution in [1.82, 2.24) is 0 Å². The fourth-order valence-corrected chi connectivity index (χ4v) is 5.32. The van der Waals surface area contributed by atoms with Crippen LogP contribution in [0.25, 0.3) is 0 Å². The van der Waals surface area contributed by atoms with Gasteiger partial charge in [-0.15, -0.1) is 0 Å². The molecule has 0 radical (unpaired) electrons. The van der Waals surface area contributed by atoms with E-state index in [2.05, 4.69) is 27.4 Å². The smallest absolute Gasteiger partial charge is 0.435 e. The van der Waals surface area contributed by atoms with E-state index in [-0.39, 0.29) is 6.79 Å². The fraction of sp³-hybridized carbons (Fsp3) is 0.864. The van der Waals surface area contributed by atoms with Crippen molar-refractivity contribution < 1.29 is 27.5 Å². The minimum absolute atomic E-state index is 0.0640. The number of hydrogen-bond donors (Lipinski definition) is 0. The molecule has 0 aliphatic rings. The summed E-state index contributed by atoms with van der Waals surface area (Å²) in [6, 6.07) is 0.715. The Bertz CT molecular complexity index is 360. The van der Waals surface area contributed by atoms with Gasteiger partial charge in [-0.2, -0.15) is 0 Å². The Labute approximate surface area is 179 Å². The maximum atomic E-state index is 11.0. The Morgan fingerprint density at radius 3 is 1.66 bits per heavy atom. The van der Waals surface area contributed by atoms with Gasteiger partial charge in [0.25, 0.3) is 0 Å². The zero-order valence-corrected chi connectivity index (χ0v) is 20.0. The molecule has 0 saturated carbocycles. The molecule has 0 aromatic heterocycles. The van der Waals surface area contributed by atoms with Gasteiger partial charge in [0, 0.05) is 31.9 Å². The van der Waals surface area contributed by atoms with Gasteiger partial charge in [0.15, 0.2) is 6.79 Å². The van der Waals surface area contributed by atoms with E-state index in [0.29, 0.717) is 32.5 Å². The Hall–Kier alpha value is -0.733. The number of esters is 1. The second-order valence-electron chi connectivity index (χ2n) is 7.15. The van der Waals surface area contributed by atoms with Crippen LogP contribution < -0.4 is 0 Å². The largest absolute Gasteiger partial charge is 0.501 e. The Kier molecular flexibility index (Phi) is 20.0. The van der Waals surface area contributed by atoms with Gasteiger partial charge in [-0.25, -0.2) is 4.79 Å². The van der Waals surface area contributed by atoms with Gasteiger partial charge in [0.1, 0.15) is 0 Å². The second kappa shape index (κ2) is 20.5. The molecule has 7 heteroatoms. The molecule has 0 aromatic carbocycles. The maximum Gasteiger partial charge on any atom is 0.501 e. The van der Waals surface area contributed by atoms with Gasteiger partial charge in [0.2, 0.25) is 0 Å². The zero-order chi connectivity index (χ0) is 21.6. The third-order valence-electron chi connectivity index (χ3n) is 4.43. The topological polar surface area (TPSA) is 63.2 Å². The Morgan fingerprint density at radius 2 is 1.24 bits per heavy atom. The van der Waals surface area contributed by atoms with E-state index in [1.165, 1.54) is 0 Å². The number of rotatable bonds is 22. The average Bonchev–Trinajstić information content (AvgIpc) is 2.74. The minimum Gasteiger partial charge on any atom is -0.435 e. The standard InChI is InChI=1S/C22H44O6Si/c1-5-9-12-17-26-29(27-18-13-10-6-2,28-19-14-11-7-3)20-15-16-24-21-25-22(23)8-4/h8H,4-7,9-21H2,1-3H3. The van der Waals surface area contributed by atoms with E-state index in [9.17, 15) is 4.79 Å². The molecule has 0 aliphatic heterocycles. The van der Waals surface area contributed by atoms with Crippen LogP contribution >= 0.6 is 0 Å². The predicted molar refractivity (Wildman–Crippen MR) is 119 cm³/mol. The SMILES string of the molecule is C=CC(=O)OCOCCC[Si](OCCCCC)(OCCCCC)OCCCCC. The molecule has 0 heterocycles. The van der Waals surface area contributed by atoms with E-state index in [1.54, 1.807) is 0 Å². The first-order valence-electron chi connectivity index (χ1n) is 11.4. The number of carbonyl (C=O) groups is 1. The third-order valence-corrected chi connectivity index (χ3v) is 7.33. The minimum atomic E-state index is -2.74. The Morgan fingerprint density at radius 1 is 0.759 bits per heavy atom. The highest BCUT2D eigenvalue weighted by molar-refractivity contribution is 6.60. The monoisotopic (exact) mass is 432 g/mol. The van der Waals surface area contributed by atoms with Crippen molar-refractivity contribution in [2.45, 2.75) is 91.0 Å². The molecule has 0 amide bonds. The molecular weight excluding hydrogens is 388 g/mol. The van der Waals surface area contributed by atoms with Gasteiger partial charge in [-0.05, 0) is 25.7 Å². The lowest BCUT2D eigenvalue weighted by atomic mass is 10.3. The molecule has 29 heavy (non-hydrogen) atoms. The summed E-state index contributed by atoms with van der Waals surface area (Å²) in [7, 11) is -2.74. The summed E-state index contributed by atoms with van der Waals surface area (Å²) in [5.41, 5.74) is 0. The number of carbonyl (C=O) groups excluding carboxylic acids is 1. The maximum absolute atomic E-state index is 11.0. The van der Waals surface area contributed by atoms with Crippen LogP contribution in [0.1, 0.15) is 85.0 Å². The van der Waals surface area contributed by atoms with Crippen molar-refractivity contribution in [1.29, 1.82) is 0 Å². The van der Waals surface area contributed by atoms with Gasteiger partial charge in [0.05, 0.1) is 6.61 Å². The molecule has 172 valence electrons. The predicted octanol–water partition coefficient (Wildman–Crippen LogP) is 5.64. The summed E-state index contributed by atoms with van der Waals surface area (Å²) in [5.74, 6) is -0.480. The normalized spacial score (nSPS) is 11.6. The third kappa shape index (κ3) is 16.7. The molecule has 0 bridgehead atoms. The van der Waals surface area contributed by atoms with Crippen molar-refractivity contribution in [2.24, 2.45) is 0 Å². The first-order valence-corrected chi connectivity index (χ1v) is 13.4. The van der Waals surface area contributed by atoms with Crippen LogP contribution in [-0.4, -0.2) is 48.0 Å². The summed E-state index contributed by atoms with van der Waals surface area (Å²) in [4.78, 5) is 11.0. The number of hydrogen-bond acceptors (Lipinski definition) is 6. The molecule has 0 atom stereocenters. The Balaban J connectivity index is 4.65. The second-order valence-corrected chi connectivity index (χ2v) is 9.88. The van der Waals surface area contributed by atoms with Crippen molar-refractivity contribution in [3.63, 3.8) is 0 Å². The fourth-order valence-electron chi connectivity index (χ4n) is 2.69. The van der Waals surface area contributed by atoms with Gasteiger partial charge < -0.3 is 22.8 Å². The summed E-state index contributed by atoms with van der Waals surface area (Å²) >= 11 is 0. The lowest BCUT2D eigenvalue weighted by Crippen LogP contribution is -2.47. The van der Waals surface area contributed by atoms with Gasteiger partial charge in [-0.1, -0.05) is 65.9 Å². The van der Waals surface area contributed by atoms with Crippen LogP contribution in [-0.2, 0) is 27.5 Å². The quantitative estimate of drug-likeness (QED) is 0.0725. The number of ether oxygens (including phenoxy) is 2. The molecule has 0 rings (SSSR count). The summed E-state index contributed by atoms with van der Waals surface area (Å²) in [5, 5.41) is 0. The lowest BCUT2D eigenvalue weighted by molar-refractivity contribution is -0.150. The van der Waals surface area contributed by atoms with Gasteiger partial charge >= 0.3 is 14.8 Å². The molecule has 0 spiro atoms. The van der Waals surface area contributed by atoms with Crippen molar-refractivity contribution in [2.75, 3.05) is 33.2 Å². The van der Waals surface area contributed by atoms with E-state index >= 15 is 0 Å². The van der Waals surface area contributed by atoms with Crippen molar-refractivity contribution in [3.05, 3.63) is 12.7 Å². The summed E-state index contributed by atoms with van der Waals surface area (Å²) in [6.07, 6.45) is 11.8. The zero-order valence-electron chi connectivity index (χ0n) is 19.0. The lowest BCUT2D eigenvalue weighted by Gasteiger charge is -2.30. The van der Waals surface area contributed by atoms with Crippen LogP contribution in [0.5, 0.6) is 0 Å². The van der Waals surface area contributed by atoms with Crippen molar-refractivity contribution in [3.8, 4) is 0 Å². The molecule has 0 aromatic rings. The molecule has 0 unspecified atom stereocenters. The molecule has 0 fully saturated rings. The van der Waals surface area contributed by atoms with E-state index in [0.717, 1.165) is 70.3 Å². The summed E-state index contributed by atoms with van der Waals surface area (Å²) in [6.45, 7) is 12.4. The first-order chi connectivity index (χ1) is 14.1. The molecule has 0 saturated heterocycles. The van der Waals surface area contributed by atoms with Crippen LogP contribution in [0.3, 0.4) is 0 Å². The average molecular weight is 433 g/mol. The van der Waals surface area contributed by atoms with Gasteiger partial charge in [-0.3, -0.25) is 0 Å². The molecular formula is C22H44O6Si. The highest BCUT2D eigenvalue weighted by atomic mass is 28.4. The molecule has 0 aliphatic carbocycles. The van der Waals surface area contributed by atoms with E-state index in [4.69, 9.17) is 22.8 Å². The van der Waals surface area contributed by atoms with Crippen LogP contribution in [0.4, 0.5) is 0 Å². The highest BCUT2D eigenvalue weighted by Gasteiger charge is 2.40. The van der Waals surface area contributed by atoms with Crippen LogP contribution in [0.15, 0.2) is 12.7 Å². The molecule has 0 N–H and O–H groups in total.